The van der Waals surface area contributed by atoms with Gasteiger partial charge in [-0.1, -0.05) is 25.0 Å². The van der Waals surface area contributed by atoms with Crippen LogP contribution in [0.5, 0.6) is 11.5 Å². The second-order valence-corrected chi connectivity index (χ2v) is 8.66. The van der Waals surface area contributed by atoms with Crippen molar-refractivity contribution in [2.24, 2.45) is 5.92 Å². The third-order valence-electron chi connectivity index (χ3n) is 5.53. The summed E-state index contributed by atoms with van der Waals surface area (Å²) in [6, 6.07) is 10.5. The number of nitrogens with one attached hydrogen (secondary N) is 2. The summed E-state index contributed by atoms with van der Waals surface area (Å²) in [5, 5.41) is 5.24. The van der Waals surface area contributed by atoms with Gasteiger partial charge < -0.3 is 24.8 Å². The minimum atomic E-state index is -4.82. The predicted molar refractivity (Wildman–Crippen MR) is 127 cm³/mol. The van der Waals surface area contributed by atoms with Gasteiger partial charge in [0.2, 0.25) is 5.91 Å². The highest BCUT2D eigenvalue weighted by Crippen LogP contribution is 2.32. The van der Waals surface area contributed by atoms with Crippen molar-refractivity contribution in [1.82, 2.24) is 10.6 Å². The maximum Gasteiger partial charge on any atom is 0.573 e. The zero-order chi connectivity index (χ0) is 26.8. The lowest BCUT2D eigenvalue weighted by atomic mass is 10.0. The van der Waals surface area contributed by atoms with Crippen molar-refractivity contribution >= 4 is 17.8 Å². The SMILES string of the molecule is CC(=O)OCCNC(=O)C(Cc1ccc(OC(F)(F)F)cc1)NC(=O)c1ccc(OCCC2CC2)cc1. The molecule has 11 heteroatoms. The molecule has 0 spiro atoms. The summed E-state index contributed by atoms with van der Waals surface area (Å²) >= 11 is 0. The van der Waals surface area contributed by atoms with Crippen LogP contribution in [0.25, 0.3) is 0 Å². The van der Waals surface area contributed by atoms with Crippen molar-refractivity contribution in [2.75, 3.05) is 19.8 Å². The summed E-state index contributed by atoms with van der Waals surface area (Å²) in [7, 11) is 0. The first-order valence-electron chi connectivity index (χ1n) is 11.9. The van der Waals surface area contributed by atoms with Crippen molar-refractivity contribution < 1.29 is 41.8 Å². The average molecular weight is 523 g/mol. The number of halogens is 3. The molecule has 2 N–H and O–H groups in total. The Morgan fingerprint density at radius 1 is 0.973 bits per heavy atom. The standard InChI is InChI=1S/C26H29F3N2O6/c1-17(32)35-15-13-30-25(34)23(16-19-4-8-22(9-5-19)37-26(27,28)29)31-24(33)20-6-10-21(11-7-20)36-14-12-18-2-3-18/h4-11,18,23H,2-3,12-16H2,1H3,(H,30,34)(H,31,33). The fraction of sp³-hybridized carbons (Fsp3) is 0.423. The molecule has 0 aromatic heterocycles. The molecule has 0 radical (unpaired) electrons. The second-order valence-electron chi connectivity index (χ2n) is 8.66. The number of amides is 2. The van der Waals surface area contributed by atoms with Crippen molar-refractivity contribution in [3.8, 4) is 11.5 Å². The minimum Gasteiger partial charge on any atom is -0.494 e. The molecule has 3 rings (SSSR count). The van der Waals surface area contributed by atoms with Gasteiger partial charge in [-0.3, -0.25) is 14.4 Å². The third kappa shape index (κ3) is 10.4. The van der Waals surface area contributed by atoms with Gasteiger partial charge in [0.25, 0.3) is 5.91 Å². The molecule has 1 atom stereocenters. The van der Waals surface area contributed by atoms with Gasteiger partial charge in [0.1, 0.15) is 24.1 Å². The van der Waals surface area contributed by atoms with Gasteiger partial charge in [0, 0.05) is 18.9 Å². The van der Waals surface area contributed by atoms with E-state index >= 15 is 0 Å². The fourth-order valence-corrected chi connectivity index (χ4v) is 3.46. The van der Waals surface area contributed by atoms with Gasteiger partial charge in [-0.25, -0.2) is 0 Å². The molecule has 0 saturated heterocycles. The monoisotopic (exact) mass is 522 g/mol. The zero-order valence-electron chi connectivity index (χ0n) is 20.3. The number of carbonyl (C=O) groups excluding carboxylic acids is 3. The molecular formula is C26H29F3N2O6. The molecule has 37 heavy (non-hydrogen) atoms. The highest BCUT2D eigenvalue weighted by Gasteiger charge is 2.31. The van der Waals surface area contributed by atoms with E-state index in [4.69, 9.17) is 9.47 Å². The largest absolute Gasteiger partial charge is 0.573 e. The lowest BCUT2D eigenvalue weighted by Gasteiger charge is -2.19. The van der Waals surface area contributed by atoms with Crippen LogP contribution in [0, 0.1) is 5.92 Å². The Hall–Kier alpha value is -3.76. The third-order valence-corrected chi connectivity index (χ3v) is 5.53. The van der Waals surface area contributed by atoms with Crippen LogP contribution in [-0.2, 0) is 20.7 Å². The van der Waals surface area contributed by atoms with E-state index in [-0.39, 0.29) is 19.6 Å². The van der Waals surface area contributed by atoms with E-state index < -0.39 is 35.9 Å². The molecule has 2 amide bonds. The van der Waals surface area contributed by atoms with E-state index in [1.54, 1.807) is 24.3 Å². The molecule has 1 aliphatic rings. The first kappa shape index (κ1) is 27.8. The first-order chi connectivity index (χ1) is 17.6. The van der Waals surface area contributed by atoms with Gasteiger partial charge in [-0.05, 0) is 54.3 Å². The van der Waals surface area contributed by atoms with E-state index in [2.05, 4.69) is 15.4 Å². The molecule has 1 unspecified atom stereocenters. The summed E-state index contributed by atoms with van der Waals surface area (Å²) in [5.41, 5.74) is 0.801. The predicted octanol–water partition coefficient (Wildman–Crippen LogP) is 3.78. The van der Waals surface area contributed by atoms with Crippen LogP contribution in [0.1, 0.15) is 42.1 Å². The smallest absolute Gasteiger partial charge is 0.494 e. The van der Waals surface area contributed by atoms with E-state index in [0.717, 1.165) is 24.5 Å². The zero-order valence-corrected chi connectivity index (χ0v) is 20.3. The van der Waals surface area contributed by atoms with E-state index in [1.165, 1.54) is 31.9 Å². The summed E-state index contributed by atoms with van der Waals surface area (Å²) < 4.78 is 51.6. The molecule has 1 aliphatic carbocycles. The van der Waals surface area contributed by atoms with Crippen LogP contribution >= 0.6 is 0 Å². The van der Waals surface area contributed by atoms with E-state index in [0.29, 0.717) is 23.5 Å². The minimum absolute atomic E-state index is 0.000200. The summed E-state index contributed by atoms with van der Waals surface area (Å²) in [4.78, 5) is 36.6. The number of hydrogen-bond acceptors (Lipinski definition) is 6. The van der Waals surface area contributed by atoms with Crippen LogP contribution in [0.4, 0.5) is 13.2 Å². The van der Waals surface area contributed by atoms with Crippen molar-refractivity contribution in [2.45, 2.75) is 45.0 Å². The topological polar surface area (TPSA) is 103 Å². The number of ether oxygens (including phenoxy) is 3. The van der Waals surface area contributed by atoms with E-state index in [9.17, 15) is 27.6 Å². The Bertz CT molecular complexity index is 1050. The molecule has 8 nitrogen and oxygen atoms in total. The quantitative estimate of drug-likeness (QED) is 0.307. The van der Waals surface area contributed by atoms with Gasteiger partial charge in [0.05, 0.1) is 13.2 Å². The summed E-state index contributed by atoms with van der Waals surface area (Å²) in [5.74, 6) is -0.575. The van der Waals surface area contributed by atoms with Crippen LogP contribution < -0.4 is 20.1 Å². The molecule has 1 saturated carbocycles. The lowest BCUT2D eigenvalue weighted by molar-refractivity contribution is -0.274. The summed E-state index contributed by atoms with van der Waals surface area (Å²) in [6.07, 6.45) is -1.34. The highest BCUT2D eigenvalue weighted by atomic mass is 19.4. The normalized spacial score (nSPS) is 13.8. The van der Waals surface area contributed by atoms with Crippen LogP contribution in [0.15, 0.2) is 48.5 Å². The highest BCUT2D eigenvalue weighted by molar-refractivity contribution is 5.97. The Morgan fingerprint density at radius 3 is 2.22 bits per heavy atom. The lowest BCUT2D eigenvalue weighted by Crippen LogP contribution is -2.48. The molecule has 0 aliphatic heterocycles. The Kier molecular flexibility index (Phi) is 9.76. The van der Waals surface area contributed by atoms with Crippen LogP contribution in [0.2, 0.25) is 0 Å². The van der Waals surface area contributed by atoms with Gasteiger partial charge in [-0.15, -0.1) is 13.2 Å². The molecular weight excluding hydrogens is 493 g/mol. The number of benzene rings is 2. The van der Waals surface area contributed by atoms with Crippen LogP contribution in [-0.4, -0.2) is 49.9 Å². The van der Waals surface area contributed by atoms with Crippen molar-refractivity contribution in [3.63, 3.8) is 0 Å². The Morgan fingerprint density at radius 2 is 1.62 bits per heavy atom. The number of hydrogen-bond donors (Lipinski definition) is 2. The maximum atomic E-state index is 12.9. The Balaban J connectivity index is 1.62. The van der Waals surface area contributed by atoms with Gasteiger partial charge >= 0.3 is 12.3 Å². The van der Waals surface area contributed by atoms with E-state index in [1.807, 2.05) is 0 Å². The molecule has 1 fully saturated rings. The fourth-order valence-electron chi connectivity index (χ4n) is 3.46. The molecule has 2 aromatic carbocycles. The first-order valence-corrected chi connectivity index (χ1v) is 11.9. The number of rotatable bonds is 13. The number of carbonyl (C=O) groups is 3. The van der Waals surface area contributed by atoms with Gasteiger partial charge in [-0.2, -0.15) is 0 Å². The average Bonchev–Trinajstić information content (AvgIpc) is 3.66. The number of esters is 1. The molecule has 0 bridgehead atoms. The molecule has 200 valence electrons. The maximum absolute atomic E-state index is 12.9. The van der Waals surface area contributed by atoms with Gasteiger partial charge in [0.15, 0.2) is 0 Å². The van der Waals surface area contributed by atoms with Crippen molar-refractivity contribution in [3.05, 3.63) is 59.7 Å². The Labute approximate surface area is 212 Å². The summed E-state index contributed by atoms with van der Waals surface area (Å²) in [6.45, 7) is 1.82. The molecule has 0 heterocycles. The van der Waals surface area contributed by atoms with Crippen molar-refractivity contribution in [1.29, 1.82) is 0 Å². The second kappa shape index (κ2) is 13.0. The van der Waals surface area contributed by atoms with Crippen LogP contribution in [0.3, 0.4) is 0 Å². The molecule has 2 aromatic rings. The number of alkyl halides is 3.